The van der Waals surface area contributed by atoms with Crippen LogP contribution in [-0.2, 0) is 0 Å². The van der Waals surface area contributed by atoms with Crippen LogP contribution in [0.25, 0.3) is 5.70 Å². The van der Waals surface area contributed by atoms with Crippen molar-refractivity contribution in [2.75, 3.05) is 5.75 Å². The molecule has 0 unspecified atom stereocenters. The first-order valence-electron chi connectivity index (χ1n) is 6.42. The first kappa shape index (κ1) is 17.3. The normalized spacial score (nSPS) is 13.4. The quantitative estimate of drug-likeness (QED) is 0.573. The summed E-state index contributed by atoms with van der Waals surface area (Å²) in [6, 6.07) is 7.64. The molecule has 0 fully saturated rings. The lowest BCUT2D eigenvalue weighted by molar-refractivity contribution is 0.882. The molecule has 2 rings (SSSR count). The van der Waals surface area contributed by atoms with E-state index in [2.05, 4.69) is 30.6 Å². The molecule has 1 aromatic heterocycles. The highest BCUT2D eigenvalue weighted by molar-refractivity contribution is 8.15. The van der Waals surface area contributed by atoms with Gasteiger partial charge in [-0.2, -0.15) is 5.26 Å². The fourth-order valence-electron chi connectivity index (χ4n) is 1.87. The minimum atomic E-state index is 0.208. The summed E-state index contributed by atoms with van der Waals surface area (Å²) in [5, 5.41) is 10.5. The molecule has 1 aromatic carbocycles. The lowest BCUT2D eigenvalue weighted by atomic mass is 10.0. The Morgan fingerprint density at radius 3 is 2.86 bits per heavy atom. The Labute approximate surface area is 149 Å². The van der Waals surface area contributed by atoms with Gasteiger partial charge >= 0.3 is 0 Å². The van der Waals surface area contributed by atoms with Gasteiger partial charge in [0.15, 0.2) is 0 Å². The molecule has 2 aromatic rings. The molecule has 114 valence electrons. The van der Waals surface area contributed by atoms with E-state index in [1.54, 1.807) is 29.4 Å². The third-order valence-electron chi connectivity index (χ3n) is 3.03. The number of hydrogen-bond acceptors (Lipinski definition) is 4. The number of nitrogens with zero attached hydrogens (tertiary/aromatic N) is 3. The van der Waals surface area contributed by atoms with Crippen LogP contribution in [-0.4, -0.2) is 15.3 Å². The number of allylic oxidation sites excluding steroid dienone is 1. The van der Waals surface area contributed by atoms with Crippen molar-refractivity contribution in [2.45, 2.75) is 12.8 Å². The monoisotopic (exact) mass is 369 g/mol. The molecule has 1 atom stereocenters. The van der Waals surface area contributed by atoms with Crippen LogP contribution in [0.1, 0.15) is 18.4 Å². The van der Waals surface area contributed by atoms with E-state index in [4.69, 9.17) is 23.2 Å². The van der Waals surface area contributed by atoms with Gasteiger partial charge < -0.3 is 0 Å². The summed E-state index contributed by atoms with van der Waals surface area (Å²) in [5.41, 5.74) is 1.49. The minimum Gasteiger partial charge on any atom is -0.296 e. The number of thiol groups is 1. The highest BCUT2D eigenvalue weighted by Gasteiger charge is 2.13. The van der Waals surface area contributed by atoms with E-state index in [1.807, 2.05) is 12.1 Å². The van der Waals surface area contributed by atoms with E-state index in [-0.39, 0.29) is 5.92 Å². The second-order valence-corrected chi connectivity index (χ2v) is 7.24. The largest absolute Gasteiger partial charge is 0.296 e. The summed E-state index contributed by atoms with van der Waals surface area (Å²) < 4.78 is 2.30. The average Bonchev–Trinajstić information content (AvgIpc) is 2.99. The first-order chi connectivity index (χ1) is 10.5. The summed E-state index contributed by atoms with van der Waals surface area (Å²) in [5.74, 6) is 0.958. The topological polar surface area (TPSA) is 41.6 Å². The van der Waals surface area contributed by atoms with Crippen LogP contribution in [0, 0.1) is 11.3 Å². The predicted octanol–water partition coefficient (Wildman–Crippen LogP) is 5.31. The van der Waals surface area contributed by atoms with Crippen LogP contribution in [0.5, 0.6) is 0 Å². The van der Waals surface area contributed by atoms with Crippen molar-refractivity contribution in [3.8, 4) is 6.07 Å². The summed E-state index contributed by atoms with van der Waals surface area (Å²) in [4.78, 5) is 3.94. The molecule has 0 spiro atoms. The second-order valence-electron chi connectivity index (χ2n) is 4.61. The number of nitriles is 1. The van der Waals surface area contributed by atoms with Crippen LogP contribution in [0.3, 0.4) is 0 Å². The molecule has 0 bridgehead atoms. The molecule has 3 nitrogen and oxygen atoms in total. The van der Waals surface area contributed by atoms with Gasteiger partial charge in [0.25, 0.3) is 0 Å². The van der Waals surface area contributed by atoms with Crippen LogP contribution in [0.2, 0.25) is 10.0 Å². The van der Waals surface area contributed by atoms with Crippen molar-refractivity contribution in [2.24, 2.45) is 0 Å². The van der Waals surface area contributed by atoms with Gasteiger partial charge in [-0.1, -0.05) is 36.2 Å². The molecule has 0 saturated heterocycles. The SMILES string of the molecule is C[C@@H](CS/C(S)=C(/C#N)n1ccnc1)c1ccc(Cl)cc1Cl. The molecule has 1 heterocycles. The zero-order chi connectivity index (χ0) is 16.1. The van der Waals surface area contributed by atoms with E-state index < -0.39 is 0 Å². The highest BCUT2D eigenvalue weighted by atomic mass is 35.5. The number of imidazole rings is 1. The predicted molar refractivity (Wildman–Crippen MR) is 97.4 cm³/mol. The summed E-state index contributed by atoms with van der Waals surface area (Å²) in [6.07, 6.45) is 4.92. The fraction of sp³-hybridized carbons (Fsp3) is 0.200. The summed E-state index contributed by atoms with van der Waals surface area (Å²) in [7, 11) is 0. The van der Waals surface area contributed by atoms with E-state index >= 15 is 0 Å². The second kappa shape index (κ2) is 7.98. The van der Waals surface area contributed by atoms with E-state index in [1.165, 1.54) is 11.8 Å². The molecule has 7 heteroatoms. The fourth-order valence-corrected chi connectivity index (χ4v) is 3.73. The maximum absolute atomic E-state index is 9.27. The lowest BCUT2D eigenvalue weighted by Gasteiger charge is -2.14. The van der Waals surface area contributed by atoms with Crippen LogP contribution < -0.4 is 0 Å². The molecule has 22 heavy (non-hydrogen) atoms. The van der Waals surface area contributed by atoms with E-state index in [0.29, 0.717) is 20.0 Å². The summed E-state index contributed by atoms with van der Waals surface area (Å²) >= 11 is 18.1. The third kappa shape index (κ3) is 4.23. The van der Waals surface area contributed by atoms with Gasteiger partial charge in [0.05, 0.1) is 10.6 Å². The average molecular weight is 370 g/mol. The number of halogens is 2. The zero-order valence-electron chi connectivity index (χ0n) is 11.7. The Balaban J connectivity index is 2.10. The van der Waals surface area contributed by atoms with Gasteiger partial charge in [-0.25, -0.2) is 4.98 Å². The Morgan fingerprint density at radius 1 is 1.50 bits per heavy atom. The molecular weight excluding hydrogens is 357 g/mol. The Hall–Kier alpha value is -1.06. The van der Waals surface area contributed by atoms with Crippen molar-refractivity contribution in [3.63, 3.8) is 0 Å². The number of benzene rings is 1. The van der Waals surface area contributed by atoms with Crippen molar-refractivity contribution in [1.29, 1.82) is 5.26 Å². The minimum absolute atomic E-state index is 0.208. The molecule has 0 aliphatic rings. The zero-order valence-corrected chi connectivity index (χ0v) is 14.9. The number of thioether (sulfide) groups is 1. The maximum atomic E-state index is 9.27. The van der Waals surface area contributed by atoms with Crippen molar-refractivity contribution < 1.29 is 0 Å². The third-order valence-corrected chi connectivity index (χ3v) is 5.33. The Kier molecular flexibility index (Phi) is 6.27. The van der Waals surface area contributed by atoms with Gasteiger partial charge in [-0.05, 0) is 23.6 Å². The highest BCUT2D eigenvalue weighted by Crippen LogP contribution is 2.34. The van der Waals surface area contributed by atoms with Gasteiger partial charge in [0.2, 0.25) is 0 Å². The van der Waals surface area contributed by atoms with Crippen molar-refractivity contribution >= 4 is 53.3 Å². The van der Waals surface area contributed by atoms with E-state index in [9.17, 15) is 5.26 Å². The molecular formula is C15H13Cl2N3S2. The molecule has 0 amide bonds. The van der Waals surface area contributed by atoms with Crippen LogP contribution in [0.4, 0.5) is 0 Å². The van der Waals surface area contributed by atoms with E-state index in [0.717, 1.165) is 11.3 Å². The Bertz CT molecular complexity index is 721. The summed E-state index contributed by atoms with van der Waals surface area (Å²) in [6.45, 7) is 2.08. The van der Waals surface area contributed by atoms with Crippen LogP contribution >= 0.6 is 47.6 Å². The van der Waals surface area contributed by atoms with Gasteiger partial charge in [0, 0.05) is 28.2 Å². The molecule has 0 radical (unpaired) electrons. The number of aromatic nitrogens is 2. The lowest BCUT2D eigenvalue weighted by Crippen LogP contribution is -1.99. The number of hydrogen-bond donors (Lipinski definition) is 1. The first-order valence-corrected chi connectivity index (χ1v) is 8.61. The molecule has 0 saturated carbocycles. The molecule has 0 aliphatic heterocycles. The van der Waals surface area contributed by atoms with Crippen molar-refractivity contribution in [1.82, 2.24) is 9.55 Å². The van der Waals surface area contributed by atoms with Crippen molar-refractivity contribution in [3.05, 3.63) is 56.8 Å². The maximum Gasteiger partial charge on any atom is 0.145 e. The Morgan fingerprint density at radius 2 is 2.27 bits per heavy atom. The van der Waals surface area contributed by atoms with Gasteiger partial charge in [0.1, 0.15) is 11.8 Å². The standard InChI is InChI=1S/C15H13Cl2N3S2/c1-10(12-3-2-11(16)6-13(12)17)8-22-15(21)14(7-18)20-5-4-19-9-20/h2-6,9-10,21H,8H2,1H3/b15-14-/t10-/m0/s1. The molecule has 0 N–H and O–H groups in total. The van der Waals surface area contributed by atoms with Gasteiger partial charge in [-0.3, -0.25) is 4.57 Å². The van der Waals surface area contributed by atoms with Gasteiger partial charge in [-0.15, -0.1) is 24.4 Å². The molecule has 0 aliphatic carbocycles. The number of rotatable bonds is 5. The van der Waals surface area contributed by atoms with Crippen LogP contribution in [0.15, 0.2) is 41.2 Å². The smallest absolute Gasteiger partial charge is 0.145 e.